The van der Waals surface area contributed by atoms with Crippen molar-refractivity contribution in [2.75, 3.05) is 24.5 Å². The van der Waals surface area contributed by atoms with E-state index in [0.717, 1.165) is 37.8 Å². The van der Waals surface area contributed by atoms with E-state index in [4.69, 9.17) is 11.6 Å². The lowest BCUT2D eigenvalue weighted by Crippen LogP contribution is -2.39. The number of aromatic nitrogens is 2. The van der Waals surface area contributed by atoms with Crippen LogP contribution in [0.4, 0.5) is 10.2 Å². The zero-order valence-electron chi connectivity index (χ0n) is 13.1. The van der Waals surface area contributed by atoms with Gasteiger partial charge in [0.25, 0.3) is 5.91 Å². The van der Waals surface area contributed by atoms with Crippen LogP contribution in [-0.2, 0) is 0 Å². The second kappa shape index (κ2) is 7.57. The van der Waals surface area contributed by atoms with Crippen molar-refractivity contribution in [3.05, 3.63) is 53.2 Å². The summed E-state index contributed by atoms with van der Waals surface area (Å²) in [5.41, 5.74) is 0.301. The van der Waals surface area contributed by atoms with Crippen molar-refractivity contribution in [3.63, 3.8) is 0 Å². The normalized spacial score (nSPS) is 15.3. The summed E-state index contributed by atoms with van der Waals surface area (Å²) in [5, 5.41) is 3.02. The lowest BCUT2D eigenvalue weighted by atomic mass is 9.96. The van der Waals surface area contributed by atoms with Crippen molar-refractivity contribution in [1.29, 1.82) is 0 Å². The third-order valence-corrected chi connectivity index (χ3v) is 4.53. The Kier molecular flexibility index (Phi) is 5.25. The number of carbonyl (C=O) groups is 1. The maximum Gasteiger partial charge on any atom is 0.252 e. The first-order valence-electron chi connectivity index (χ1n) is 7.87. The largest absolute Gasteiger partial charge is 0.355 e. The molecule has 0 aliphatic carbocycles. The number of halogens is 2. The summed E-state index contributed by atoms with van der Waals surface area (Å²) >= 11 is 5.91. The number of piperidine rings is 1. The Balaban J connectivity index is 1.49. The Bertz CT molecular complexity index is 705. The topological polar surface area (TPSA) is 58.1 Å². The molecule has 2 heterocycles. The molecule has 0 saturated carbocycles. The molecule has 0 radical (unpaired) electrons. The summed E-state index contributed by atoms with van der Waals surface area (Å²) < 4.78 is 13.0. The molecule has 0 unspecified atom stereocenters. The van der Waals surface area contributed by atoms with Crippen LogP contribution >= 0.6 is 11.6 Å². The quantitative estimate of drug-likeness (QED) is 0.923. The molecule has 0 atom stereocenters. The van der Waals surface area contributed by atoms with Crippen LogP contribution in [0.5, 0.6) is 0 Å². The zero-order chi connectivity index (χ0) is 16.9. The Labute approximate surface area is 144 Å². The zero-order valence-corrected chi connectivity index (χ0v) is 13.8. The third-order valence-electron chi connectivity index (χ3n) is 4.22. The number of hydrogen-bond donors (Lipinski definition) is 1. The number of nitrogens with zero attached hydrogens (tertiary/aromatic N) is 3. The van der Waals surface area contributed by atoms with Gasteiger partial charge in [-0.15, -0.1) is 0 Å². The first-order valence-corrected chi connectivity index (χ1v) is 8.25. The fraction of sp³-hybridized carbons (Fsp3) is 0.353. The number of carbonyl (C=O) groups excluding carboxylic acids is 1. The minimum Gasteiger partial charge on any atom is -0.355 e. The maximum absolute atomic E-state index is 13.0. The highest BCUT2D eigenvalue weighted by atomic mass is 35.5. The molecule has 1 N–H and O–H groups in total. The minimum absolute atomic E-state index is 0.130. The van der Waals surface area contributed by atoms with Crippen molar-refractivity contribution in [3.8, 4) is 0 Å². The number of benzene rings is 1. The molecule has 7 heteroatoms. The molecule has 126 valence electrons. The maximum atomic E-state index is 13.0. The van der Waals surface area contributed by atoms with Crippen molar-refractivity contribution in [1.82, 2.24) is 15.3 Å². The highest BCUT2D eigenvalue weighted by Gasteiger charge is 2.21. The van der Waals surface area contributed by atoms with Crippen LogP contribution in [0.1, 0.15) is 23.2 Å². The smallest absolute Gasteiger partial charge is 0.252 e. The van der Waals surface area contributed by atoms with E-state index in [2.05, 4.69) is 20.2 Å². The van der Waals surface area contributed by atoms with Crippen LogP contribution < -0.4 is 10.2 Å². The van der Waals surface area contributed by atoms with Gasteiger partial charge in [0.15, 0.2) is 0 Å². The number of hydrogen-bond acceptors (Lipinski definition) is 4. The van der Waals surface area contributed by atoms with E-state index in [1.165, 1.54) is 12.1 Å². The van der Waals surface area contributed by atoms with Gasteiger partial charge in [-0.3, -0.25) is 9.78 Å². The fourth-order valence-electron chi connectivity index (χ4n) is 2.83. The van der Waals surface area contributed by atoms with Gasteiger partial charge in [0.1, 0.15) is 11.6 Å². The SMILES string of the molecule is O=C(NCC1CCN(c2cnccn2)CC1)c1ccc(F)cc1Cl. The van der Waals surface area contributed by atoms with Gasteiger partial charge < -0.3 is 10.2 Å². The van der Waals surface area contributed by atoms with Gasteiger partial charge >= 0.3 is 0 Å². The average molecular weight is 349 g/mol. The molecule has 1 aliphatic rings. The molecule has 1 saturated heterocycles. The summed E-state index contributed by atoms with van der Waals surface area (Å²) in [6, 6.07) is 3.79. The number of amides is 1. The summed E-state index contributed by atoms with van der Waals surface area (Å²) in [5.74, 6) is 0.573. The van der Waals surface area contributed by atoms with E-state index < -0.39 is 5.82 Å². The van der Waals surface area contributed by atoms with E-state index in [9.17, 15) is 9.18 Å². The molecule has 0 spiro atoms. The van der Waals surface area contributed by atoms with Crippen molar-refractivity contribution >= 4 is 23.3 Å². The van der Waals surface area contributed by atoms with E-state index in [1.54, 1.807) is 18.6 Å². The van der Waals surface area contributed by atoms with Crippen LogP contribution in [0.2, 0.25) is 5.02 Å². The van der Waals surface area contributed by atoms with Gasteiger partial charge in [0, 0.05) is 32.0 Å². The highest BCUT2D eigenvalue weighted by Crippen LogP contribution is 2.21. The second-order valence-electron chi connectivity index (χ2n) is 5.83. The molecule has 0 bridgehead atoms. The lowest BCUT2D eigenvalue weighted by molar-refractivity contribution is 0.0945. The molecule has 5 nitrogen and oxygen atoms in total. The Morgan fingerprint density at radius 3 is 2.79 bits per heavy atom. The number of rotatable bonds is 4. The first-order chi connectivity index (χ1) is 11.6. The summed E-state index contributed by atoms with van der Waals surface area (Å²) in [6.45, 7) is 2.36. The molecule has 1 aliphatic heterocycles. The van der Waals surface area contributed by atoms with Crippen LogP contribution in [0.15, 0.2) is 36.8 Å². The van der Waals surface area contributed by atoms with E-state index in [0.29, 0.717) is 18.0 Å². The fourth-order valence-corrected chi connectivity index (χ4v) is 3.08. The van der Waals surface area contributed by atoms with Crippen LogP contribution in [0.3, 0.4) is 0 Å². The van der Waals surface area contributed by atoms with Crippen molar-refractivity contribution in [2.24, 2.45) is 5.92 Å². The first kappa shape index (κ1) is 16.6. The standard InChI is InChI=1S/C17H18ClFN4O/c18-15-9-13(19)1-2-14(15)17(24)22-10-12-3-7-23(8-4-12)16-11-20-5-6-21-16/h1-2,5-6,9,11-12H,3-4,7-8,10H2,(H,22,24). The molecule has 1 aromatic carbocycles. The third kappa shape index (κ3) is 4.00. The molecule has 2 aromatic rings. The Morgan fingerprint density at radius 2 is 2.12 bits per heavy atom. The summed E-state index contributed by atoms with van der Waals surface area (Å²) in [4.78, 5) is 22.7. The second-order valence-corrected chi connectivity index (χ2v) is 6.24. The highest BCUT2D eigenvalue weighted by molar-refractivity contribution is 6.33. The van der Waals surface area contributed by atoms with Crippen LogP contribution in [0, 0.1) is 11.7 Å². The molecule has 24 heavy (non-hydrogen) atoms. The van der Waals surface area contributed by atoms with Crippen LogP contribution in [-0.4, -0.2) is 35.5 Å². The molecular weight excluding hydrogens is 331 g/mol. The van der Waals surface area contributed by atoms with E-state index in [-0.39, 0.29) is 10.9 Å². The van der Waals surface area contributed by atoms with E-state index >= 15 is 0 Å². The Hall–Kier alpha value is -2.21. The lowest BCUT2D eigenvalue weighted by Gasteiger charge is -2.32. The van der Waals surface area contributed by atoms with Gasteiger partial charge in [0.05, 0.1) is 16.8 Å². The number of anilines is 1. The summed E-state index contributed by atoms with van der Waals surface area (Å²) in [6.07, 6.45) is 7.04. The minimum atomic E-state index is -0.451. The van der Waals surface area contributed by atoms with Gasteiger partial charge in [0.2, 0.25) is 0 Å². The number of nitrogens with one attached hydrogen (secondary N) is 1. The Morgan fingerprint density at radius 1 is 1.33 bits per heavy atom. The van der Waals surface area contributed by atoms with Crippen LogP contribution in [0.25, 0.3) is 0 Å². The van der Waals surface area contributed by atoms with Crippen molar-refractivity contribution < 1.29 is 9.18 Å². The molecule has 1 amide bonds. The molecular formula is C17H18ClFN4O. The van der Waals surface area contributed by atoms with Crippen molar-refractivity contribution in [2.45, 2.75) is 12.8 Å². The monoisotopic (exact) mass is 348 g/mol. The van der Waals surface area contributed by atoms with Gasteiger partial charge in [-0.25, -0.2) is 9.37 Å². The molecule has 1 aromatic heterocycles. The van der Waals surface area contributed by atoms with E-state index in [1.807, 2.05) is 0 Å². The van der Waals surface area contributed by atoms with Gasteiger partial charge in [-0.2, -0.15) is 0 Å². The van der Waals surface area contributed by atoms with Gasteiger partial charge in [-0.1, -0.05) is 11.6 Å². The predicted molar refractivity (Wildman–Crippen MR) is 90.7 cm³/mol. The molecule has 3 rings (SSSR count). The predicted octanol–water partition coefficient (Wildman–Crippen LogP) is 2.92. The summed E-state index contributed by atoms with van der Waals surface area (Å²) in [7, 11) is 0. The van der Waals surface area contributed by atoms with Gasteiger partial charge in [-0.05, 0) is 37.0 Å². The average Bonchev–Trinajstić information content (AvgIpc) is 2.61. The molecule has 1 fully saturated rings.